The van der Waals surface area contributed by atoms with Crippen molar-refractivity contribution in [3.05, 3.63) is 70.1 Å². The Morgan fingerprint density at radius 3 is 1.76 bits per heavy atom. The number of aryl methyl sites for hydroxylation is 3. The summed E-state index contributed by atoms with van der Waals surface area (Å²) in [6.45, 7) is 10.2. The molecular formula is C20H24N4S. The zero-order chi connectivity index (χ0) is 17.8. The predicted octanol–water partition coefficient (Wildman–Crippen LogP) is 4.47. The number of benzene rings is 2. The molecule has 1 aromatic heterocycles. The van der Waals surface area contributed by atoms with Gasteiger partial charge < -0.3 is 0 Å². The first-order valence-corrected chi connectivity index (χ1v) is 9.41. The Kier molecular flexibility index (Phi) is 5.34. The predicted molar refractivity (Wildman–Crippen MR) is 104 cm³/mol. The lowest BCUT2D eigenvalue weighted by atomic mass is 10.2. The van der Waals surface area contributed by atoms with Gasteiger partial charge in [-0.25, -0.2) is 9.98 Å². The fourth-order valence-electron chi connectivity index (χ4n) is 2.55. The molecule has 0 aliphatic heterocycles. The summed E-state index contributed by atoms with van der Waals surface area (Å²) >= 11 is 1.65. The van der Waals surface area contributed by atoms with Crippen LogP contribution in [0.4, 0.5) is 11.4 Å². The van der Waals surface area contributed by atoms with Crippen LogP contribution in [-0.4, -0.2) is 8.52 Å². The molecule has 130 valence electrons. The van der Waals surface area contributed by atoms with Crippen LogP contribution < -0.4 is 10.4 Å². The van der Waals surface area contributed by atoms with Gasteiger partial charge in [0.2, 0.25) is 10.4 Å². The summed E-state index contributed by atoms with van der Waals surface area (Å²) in [4.78, 5) is 10.7. The van der Waals surface area contributed by atoms with Crippen molar-refractivity contribution in [2.45, 2.75) is 40.8 Å². The maximum absolute atomic E-state index is 4.88. The molecule has 0 unspecified atom stereocenters. The van der Waals surface area contributed by atoms with Crippen LogP contribution in [-0.2, 0) is 13.1 Å². The fourth-order valence-corrected chi connectivity index (χ4v) is 3.56. The average Bonchev–Trinajstić information content (AvgIpc) is 2.95. The van der Waals surface area contributed by atoms with E-state index in [9.17, 15) is 0 Å². The van der Waals surface area contributed by atoms with Crippen LogP contribution in [0.15, 0.2) is 58.5 Å². The monoisotopic (exact) mass is 352 g/mol. The molecule has 5 heteroatoms. The van der Waals surface area contributed by atoms with Gasteiger partial charge in [-0.3, -0.25) is 8.52 Å². The van der Waals surface area contributed by atoms with Crippen molar-refractivity contribution in [2.24, 2.45) is 9.98 Å². The topological polar surface area (TPSA) is 34.6 Å². The molecule has 2 aromatic carbocycles. The molecule has 1 heterocycles. The summed E-state index contributed by atoms with van der Waals surface area (Å²) in [5, 5.41) is 0. The molecule has 0 aliphatic rings. The van der Waals surface area contributed by atoms with E-state index >= 15 is 0 Å². The number of nitrogens with zero attached hydrogens (tertiary/aromatic N) is 4. The summed E-state index contributed by atoms with van der Waals surface area (Å²) in [6, 6.07) is 16.6. The highest BCUT2D eigenvalue weighted by Crippen LogP contribution is 2.13. The second-order valence-electron chi connectivity index (χ2n) is 6.01. The van der Waals surface area contributed by atoms with Gasteiger partial charge in [-0.1, -0.05) is 35.4 Å². The van der Waals surface area contributed by atoms with E-state index in [1.54, 1.807) is 11.5 Å². The Bertz CT molecular complexity index is 970. The molecule has 3 aromatic rings. The third-order valence-corrected chi connectivity index (χ3v) is 5.13. The molecule has 3 rings (SSSR count). The van der Waals surface area contributed by atoms with E-state index in [0.717, 1.165) is 34.9 Å². The molecule has 0 saturated heterocycles. The molecule has 0 amide bonds. The highest BCUT2D eigenvalue weighted by atomic mass is 32.1. The molecule has 0 atom stereocenters. The van der Waals surface area contributed by atoms with E-state index in [-0.39, 0.29) is 0 Å². The normalized spacial score (nSPS) is 12.8. The van der Waals surface area contributed by atoms with Crippen molar-refractivity contribution >= 4 is 22.9 Å². The molecule has 0 N–H and O–H groups in total. The molecular weight excluding hydrogens is 328 g/mol. The third kappa shape index (κ3) is 3.99. The molecule has 0 aliphatic carbocycles. The standard InChI is InChI=1S/C20H24N4S/c1-5-23-19(21-17-11-7-15(3)8-12-17)24(6-2)25-20(23)22-18-13-9-16(4)10-14-18/h7-14H,5-6H2,1-4H3. The average molecular weight is 353 g/mol. The quantitative estimate of drug-likeness (QED) is 0.664. The lowest BCUT2D eigenvalue weighted by Crippen LogP contribution is -2.29. The van der Waals surface area contributed by atoms with Gasteiger partial charge in [0.1, 0.15) is 0 Å². The van der Waals surface area contributed by atoms with Crippen molar-refractivity contribution in [1.82, 2.24) is 8.52 Å². The Hall–Kier alpha value is -2.40. The number of hydrogen-bond donors (Lipinski definition) is 0. The Morgan fingerprint density at radius 1 is 0.760 bits per heavy atom. The van der Waals surface area contributed by atoms with Crippen LogP contribution in [0, 0.1) is 13.8 Å². The molecule has 0 saturated carbocycles. The Balaban J connectivity index is 2.17. The molecule has 0 bridgehead atoms. The number of aromatic nitrogens is 2. The van der Waals surface area contributed by atoms with Crippen molar-refractivity contribution in [1.29, 1.82) is 0 Å². The number of rotatable bonds is 4. The zero-order valence-corrected chi connectivity index (χ0v) is 16.0. The fraction of sp³-hybridized carbons (Fsp3) is 0.300. The van der Waals surface area contributed by atoms with Gasteiger partial charge in [0.15, 0.2) is 0 Å². The van der Waals surface area contributed by atoms with Crippen molar-refractivity contribution in [3.63, 3.8) is 0 Å². The van der Waals surface area contributed by atoms with Crippen molar-refractivity contribution in [2.75, 3.05) is 0 Å². The van der Waals surface area contributed by atoms with E-state index in [1.807, 2.05) is 0 Å². The van der Waals surface area contributed by atoms with Gasteiger partial charge in [0, 0.05) is 13.1 Å². The van der Waals surface area contributed by atoms with Gasteiger partial charge >= 0.3 is 0 Å². The zero-order valence-electron chi connectivity index (χ0n) is 15.2. The molecule has 0 radical (unpaired) electrons. The van der Waals surface area contributed by atoms with Gasteiger partial charge in [0.25, 0.3) is 0 Å². The summed E-state index contributed by atoms with van der Waals surface area (Å²) in [5.41, 5.74) is 5.37. The smallest absolute Gasteiger partial charge is 0.221 e. The summed E-state index contributed by atoms with van der Waals surface area (Å²) in [5.74, 6) is 0. The Labute approximate surface area is 152 Å². The second kappa shape index (κ2) is 7.66. The molecule has 0 fully saturated rings. The minimum Gasteiger partial charge on any atom is -0.286 e. The van der Waals surface area contributed by atoms with Crippen molar-refractivity contribution < 1.29 is 0 Å². The number of hydrogen-bond acceptors (Lipinski definition) is 3. The van der Waals surface area contributed by atoms with E-state index < -0.39 is 0 Å². The first kappa shape index (κ1) is 17.4. The maximum atomic E-state index is 4.88. The van der Waals surface area contributed by atoms with Gasteiger partial charge in [0.05, 0.1) is 11.4 Å². The second-order valence-corrected chi connectivity index (χ2v) is 7.00. The minimum absolute atomic E-state index is 0.832. The van der Waals surface area contributed by atoms with Crippen LogP contribution >= 0.6 is 11.5 Å². The van der Waals surface area contributed by atoms with E-state index in [2.05, 4.69) is 84.7 Å². The van der Waals surface area contributed by atoms with Crippen LogP contribution in [0.5, 0.6) is 0 Å². The SMILES string of the molecule is CCn1sc(=Nc2ccc(C)cc2)n(CC)c1=Nc1ccc(C)cc1. The third-order valence-electron chi connectivity index (χ3n) is 4.01. The van der Waals surface area contributed by atoms with Crippen LogP contribution in [0.25, 0.3) is 0 Å². The van der Waals surface area contributed by atoms with Crippen LogP contribution in [0.1, 0.15) is 25.0 Å². The van der Waals surface area contributed by atoms with Crippen molar-refractivity contribution in [3.8, 4) is 0 Å². The van der Waals surface area contributed by atoms with E-state index in [1.165, 1.54) is 11.1 Å². The highest BCUT2D eigenvalue weighted by Gasteiger charge is 2.05. The summed E-state index contributed by atoms with van der Waals surface area (Å²) in [7, 11) is 0. The summed E-state index contributed by atoms with van der Waals surface area (Å²) < 4.78 is 4.37. The molecule has 0 spiro atoms. The lowest BCUT2D eigenvalue weighted by molar-refractivity contribution is 0.632. The maximum Gasteiger partial charge on any atom is 0.221 e. The van der Waals surface area contributed by atoms with E-state index in [0.29, 0.717) is 0 Å². The minimum atomic E-state index is 0.832. The van der Waals surface area contributed by atoms with E-state index in [4.69, 9.17) is 9.98 Å². The van der Waals surface area contributed by atoms with Gasteiger partial charge in [-0.05, 0) is 63.5 Å². The van der Waals surface area contributed by atoms with Gasteiger partial charge in [-0.2, -0.15) is 0 Å². The van der Waals surface area contributed by atoms with Crippen LogP contribution in [0.2, 0.25) is 0 Å². The first-order chi connectivity index (χ1) is 12.1. The lowest BCUT2D eigenvalue weighted by Gasteiger charge is -2.01. The molecule has 25 heavy (non-hydrogen) atoms. The first-order valence-electron chi connectivity index (χ1n) is 8.64. The Morgan fingerprint density at radius 2 is 1.28 bits per heavy atom. The van der Waals surface area contributed by atoms with Crippen LogP contribution in [0.3, 0.4) is 0 Å². The largest absolute Gasteiger partial charge is 0.286 e. The molecule has 4 nitrogen and oxygen atoms in total. The van der Waals surface area contributed by atoms with Gasteiger partial charge in [-0.15, -0.1) is 0 Å². The summed E-state index contributed by atoms with van der Waals surface area (Å²) in [6.07, 6.45) is 0. The highest BCUT2D eigenvalue weighted by molar-refractivity contribution is 7.03.